The van der Waals surface area contributed by atoms with Gasteiger partial charge in [0.05, 0.1) is 24.6 Å². The normalized spacial score (nSPS) is 14.3. The summed E-state index contributed by atoms with van der Waals surface area (Å²) in [7, 11) is 1.62. The van der Waals surface area contributed by atoms with Gasteiger partial charge in [0.1, 0.15) is 5.75 Å². The molecule has 0 heterocycles. The van der Waals surface area contributed by atoms with Crippen LogP contribution in [0.25, 0.3) is 0 Å². The van der Waals surface area contributed by atoms with Crippen LogP contribution in [0.2, 0.25) is 0 Å². The van der Waals surface area contributed by atoms with Crippen LogP contribution in [-0.4, -0.2) is 24.5 Å². The highest BCUT2D eigenvalue weighted by Gasteiger charge is 2.33. The predicted octanol–water partition coefficient (Wildman–Crippen LogP) is 3.28. The number of carbonyl (C=O) groups excluding carboxylic acids is 1. The third kappa shape index (κ3) is 4.50. The van der Waals surface area contributed by atoms with Gasteiger partial charge in [-0.15, -0.1) is 0 Å². The van der Waals surface area contributed by atoms with E-state index in [9.17, 15) is 14.9 Å². The van der Waals surface area contributed by atoms with E-state index in [0.717, 1.165) is 24.2 Å². The lowest BCUT2D eigenvalue weighted by atomic mass is 10.0. The molecule has 3 rings (SSSR count). The molecule has 0 bridgehead atoms. The summed E-state index contributed by atoms with van der Waals surface area (Å²) in [6.07, 6.45) is 2.19. The number of nitrogens with zero attached hydrogens (tertiary/aromatic N) is 1. The molecule has 0 spiro atoms. The molecule has 1 saturated carbocycles. The molecule has 0 radical (unpaired) electrons. The highest BCUT2D eigenvalue weighted by Crippen LogP contribution is 2.41. The molecule has 1 unspecified atom stereocenters. The first-order valence-electron chi connectivity index (χ1n) is 8.48. The van der Waals surface area contributed by atoms with Gasteiger partial charge in [0, 0.05) is 17.8 Å². The van der Waals surface area contributed by atoms with Gasteiger partial charge in [0.15, 0.2) is 0 Å². The van der Waals surface area contributed by atoms with Crippen LogP contribution in [0.3, 0.4) is 0 Å². The average molecular weight is 355 g/mol. The van der Waals surface area contributed by atoms with Crippen molar-refractivity contribution in [1.29, 1.82) is 0 Å². The second kappa shape index (κ2) is 7.86. The molecule has 7 nitrogen and oxygen atoms in total. The summed E-state index contributed by atoms with van der Waals surface area (Å²) in [6, 6.07) is 13.8. The second-order valence-electron chi connectivity index (χ2n) is 6.32. The van der Waals surface area contributed by atoms with E-state index in [2.05, 4.69) is 10.6 Å². The first kappa shape index (κ1) is 17.7. The quantitative estimate of drug-likeness (QED) is 0.560. The molecule has 2 N–H and O–H groups in total. The minimum Gasteiger partial charge on any atom is -0.497 e. The van der Waals surface area contributed by atoms with Crippen LogP contribution < -0.4 is 15.4 Å². The number of hydrogen-bond acceptors (Lipinski definition) is 5. The fourth-order valence-corrected chi connectivity index (χ4v) is 2.85. The topological polar surface area (TPSA) is 93.5 Å². The maximum Gasteiger partial charge on any atom is 0.271 e. The van der Waals surface area contributed by atoms with E-state index < -0.39 is 4.92 Å². The van der Waals surface area contributed by atoms with Crippen molar-refractivity contribution in [2.75, 3.05) is 19.0 Å². The largest absolute Gasteiger partial charge is 0.497 e. The van der Waals surface area contributed by atoms with Gasteiger partial charge in [-0.3, -0.25) is 14.9 Å². The molecular formula is C19H21N3O4. The van der Waals surface area contributed by atoms with Gasteiger partial charge in [-0.05, 0) is 42.5 Å². The maximum atomic E-state index is 12.3. The van der Waals surface area contributed by atoms with Crippen molar-refractivity contribution < 1.29 is 14.5 Å². The van der Waals surface area contributed by atoms with Crippen molar-refractivity contribution in [3.8, 4) is 5.75 Å². The van der Waals surface area contributed by atoms with Crippen LogP contribution in [0.1, 0.15) is 24.4 Å². The number of nitro benzene ring substituents is 1. The molecule has 7 heteroatoms. The molecule has 1 aliphatic rings. The lowest BCUT2D eigenvalue weighted by molar-refractivity contribution is -0.384. The third-order valence-electron chi connectivity index (χ3n) is 4.39. The Bertz CT molecular complexity index is 788. The number of carbonyl (C=O) groups is 1. The van der Waals surface area contributed by atoms with Gasteiger partial charge in [-0.1, -0.05) is 18.2 Å². The van der Waals surface area contributed by atoms with Crippen molar-refractivity contribution in [3.05, 3.63) is 64.2 Å². The number of anilines is 1. The van der Waals surface area contributed by atoms with Gasteiger partial charge in [-0.2, -0.15) is 0 Å². The first-order chi connectivity index (χ1) is 12.6. The van der Waals surface area contributed by atoms with E-state index >= 15 is 0 Å². The zero-order valence-corrected chi connectivity index (χ0v) is 14.5. The van der Waals surface area contributed by atoms with Gasteiger partial charge < -0.3 is 15.4 Å². The van der Waals surface area contributed by atoms with Crippen molar-refractivity contribution in [2.45, 2.75) is 18.9 Å². The molecule has 1 amide bonds. The zero-order chi connectivity index (χ0) is 18.5. The number of benzene rings is 2. The average Bonchev–Trinajstić information content (AvgIpc) is 3.50. The molecule has 0 saturated heterocycles. The summed E-state index contributed by atoms with van der Waals surface area (Å²) in [4.78, 5) is 22.7. The predicted molar refractivity (Wildman–Crippen MR) is 98.2 cm³/mol. The molecule has 2 aromatic rings. The van der Waals surface area contributed by atoms with Crippen LogP contribution in [-0.2, 0) is 4.79 Å². The molecule has 1 fully saturated rings. The molecule has 1 atom stereocenters. The number of non-ortho nitro benzene ring substituents is 1. The van der Waals surface area contributed by atoms with Crippen molar-refractivity contribution >= 4 is 17.3 Å². The molecular weight excluding hydrogens is 334 g/mol. The minimum absolute atomic E-state index is 0.00972. The fourth-order valence-electron chi connectivity index (χ4n) is 2.85. The monoisotopic (exact) mass is 355 g/mol. The minimum atomic E-state index is -0.460. The van der Waals surface area contributed by atoms with Gasteiger partial charge in [0.25, 0.3) is 5.69 Å². The summed E-state index contributed by atoms with van der Waals surface area (Å²) in [5, 5.41) is 16.8. The highest BCUT2D eigenvalue weighted by molar-refractivity contribution is 5.81. The molecule has 2 aromatic carbocycles. The SMILES string of the molecule is COc1ccc(C(NC(=O)CNc2cccc([N+](=O)[O-])c2)C2CC2)cc1. The molecule has 0 aromatic heterocycles. The summed E-state index contributed by atoms with van der Waals surface area (Å²) in [5.41, 5.74) is 1.59. The standard InChI is InChI=1S/C19H21N3O4/c1-26-17-9-7-14(8-10-17)19(13-5-6-13)21-18(23)12-20-15-3-2-4-16(11-15)22(24)25/h2-4,7-11,13,19-20H,5-6,12H2,1H3,(H,21,23). The Kier molecular flexibility index (Phi) is 5.36. The van der Waals surface area contributed by atoms with E-state index in [0.29, 0.717) is 11.6 Å². The smallest absolute Gasteiger partial charge is 0.271 e. The number of nitro groups is 1. The fraction of sp³-hybridized carbons (Fsp3) is 0.316. The number of ether oxygens (including phenoxy) is 1. The van der Waals surface area contributed by atoms with Crippen LogP contribution in [0, 0.1) is 16.0 Å². The van der Waals surface area contributed by atoms with Crippen molar-refractivity contribution in [2.24, 2.45) is 5.92 Å². The Hall–Kier alpha value is -3.09. The Morgan fingerprint density at radius 2 is 2.00 bits per heavy atom. The Morgan fingerprint density at radius 1 is 1.27 bits per heavy atom. The van der Waals surface area contributed by atoms with Crippen LogP contribution in [0.5, 0.6) is 5.75 Å². The first-order valence-corrected chi connectivity index (χ1v) is 8.48. The van der Waals surface area contributed by atoms with E-state index in [1.807, 2.05) is 24.3 Å². The Labute approximate surface area is 151 Å². The maximum absolute atomic E-state index is 12.3. The highest BCUT2D eigenvalue weighted by atomic mass is 16.6. The van der Waals surface area contributed by atoms with Crippen LogP contribution in [0.4, 0.5) is 11.4 Å². The van der Waals surface area contributed by atoms with Crippen LogP contribution in [0.15, 0.2) is 48.5 Å². The third-order valence-corrected chi connectivity index (χ3v) is 4.39. The lowest BCUT2D eigenvalue weighted by Crippen LogP contribution is -2.34. The Balaban J connectivity index is 1.60. The van der Waals surface area contributed by atoms with Gasteiger partial charge in [-0.25, -0.2) is 0 Å². The summed E-state index contributed by atoms with van der Waals surface area (Å²) in [6.45, 7) is 0.0561. The van der Waals surface area contributed by atoms with E-state index in [1.165, 1.54) is 12.1 Å². The van der Waals surface area contributed by atoms with E-state index in [1.54, 1.807) is 19.2 Å². The lowest BCUT2D eigenvalue weighted by Gasteiger charge is -2.19. The second-order valence-corrected chi connectivity index (χ2v) is 6.32. The van der Waals surface area contributed by atoms with Gasteiger partial charge in [0.2, 0.25) is 5.91 Å². The van der Waals surface area contributed by atoms with Crippen LogP contribution >= 0.6 is 0 Å². The number of amides is 1. The zero-order valence-electron chi connectivity index (χ0n) is 14.5. The Morgan fingerprint density at radius 3 is 2.62 bits per heavy atom. The van der Waals surface area contributed by atoms with E-state index in [-0.39, 0.29) is 24.2 Å². The van der Waals surface area contributed by atoms with Crippen molar-refractivity contribution in [1.82, 2.24) is 5.32 Å². The number of hydrogen-bond donors (Lipinski definition) is 2. The summed E-state index contributed by atoms with van der Waals surface area (Å²) >= 11 is 0. The summed E-state index contributed by atoms with van der Waals surface area (Å²) in [5.74, 6) is 1.08. The molecule has 1 aliphatic carbocycles. The molecule has 0 aliphatic heterocycles. The number of methoxy groups -OCH3 is 1. The number of rotatable bonds is 8. The molecule has 26 heavy (non-hydrogen) atoms. The summed E-state index contributed by atoms with van der Waals surface area (Å²) < 4.78 is 5.17. The van der Waals surface area contributed by atoms with Gasteiger partial charge >= 0.3 is 0 Å². The van der Waals surface area contributed by atoms with Crippen molar-refractivity contribution in [3.63, 3.8) is 0 Å². The van der Waals surface area contributed by atoms with E-state index in [4.69, 9.17) is 4.74 Å². The molecule has 136 valence electrons. The number of nitrogens with one attached hydrogen (secondary N) is 2.